The fourth-order valence-electron chi connectivity index (χ4n) is 2.42. The quantitative estimate of drug-likeness (QED) is 0.624. The van der Waals surface area contributed by atoms with E-state index in [0.717, 1.165) is 18.5 Å². The normalized spacial score (nSPS) is 42.5. The Morgan fingerprint density at radius 1 is 1.38 bits per heavy atom. The molecule has 0 aliphatic carbocycles. The summed E-state index contributed by atoms with van der Waals surface area (Å²) in [6.45, 7) is 4.72. The fraction of sp³-hybridized carbons (Fsp3) is 1.00. The first-order valence-electron chi connectivity index (χ1n) is 5.21. The second-order valence-electron chi connectivity index (χ2n) is 4.41. The Kier molecular flexibility index (Phi) is 3.44. The molecule has 2 saturated heterocycles. The summed E-state index contributed by atoms with van der Waals surface area (Å²) in [6, 6.07) is 0.828. The Bertz CT molecular complexity index is 160. The minimum atomic E-state index is 0.398. The summed E-state index contributed by atoms with van der Waals surface area (Å²) >= 11 is 8.33. The molecule has 2 rings (SSSR count). The molecule has 0 aromatic heterocycles. The first-order chi connectivity index (χ1) is 6.25. The maximum Gasteiger partial charge on any atom is 0.0466 e. The summed E-state index contributed by atoms with van der Waals surface area (Å²) in [6.07, 6.45) is 2.58. The molecular weight excluding hydrogens is 202 g/mol. The van der Waals surface area contributed by atoms with Gasteiger partial charge in [-0.05, 0) is 24.5 Å². The topological polar surface area (TPSA) is 3.24 Å². The molecule has 1 nitrogen and oxygen atoms in total. The molecule has 0 N–H and O–H groups in total. The highest BCUT2D eigenvalue weighted by molar-refractivity contribution is 7.99. The lowest BCUT2D eigenvalue weighted by Gasteiger charge is -2.37. The van der Waals surface area contributed by atoms with E-state index in [2.05, 4.69) is 23.6 Å². The number of hydrogen-bond donors (Lipinski definition) is 0. The number of piperidine rings is 1. The van der Waals surface area contributed by atoms with Crippen molar-refractivity contribution in [3.63, 3.8) is 0 Å². The van der Waals surface area contributed by atoms with E-state index in [1.807, 2.05) is 0 Å². The zero-order valence-corrected chi connectivity index (χ0v) is 9.78. The molecule has 3 heteroatoms. The van der Waals surface area contributed by atoms with Crippen molar-refractivity contribution in [1.29, 1.82) is 0 Å². The van der Waals surface area contributed by atoms with Crippen LogP contribution in [0.4, 0.5) is 0 Å². The SMILES string of the molecule is CC1CC(Cl)CN(C2CCSC2)C1. The molecule has 0 spiro atoms. The predicted molar refractivity (Wildman–Crippen MR) is 60.7 cm³/mol. The van der Waals surface area contributed by atoms with Gasteiger partial charge in [0.05, 0.1) is 0 Å². The van der Waals surface area contributed by atoms with E-state index in [1.54, 1.807) is 0 Å². The van der Waals surface area contributed by atoms with Crippen molar-refractivity contribution in [3.05, 3.63) is 0 Å². The summed E-state index contributed by atoms with van der Waals surface area (Å²) in [5, 5.41) is 0.398. The van der Waals surface area contributed by atoms with Gasteiger partial charge < -0.3 is 0 Å². The molecule has 0 saturated carbocycles. The summed E-state index contributed by atoms with van der Waals surface area (Å²) in [4.78, 5) is 2.62. The molecule has 13 heavy (non-hydrogen) atoms. The van der Waals surface area contributed by atoms with E-state index in [0.29, 0.717) is 5.38 Å². The van der Waals surface area contributed by atoms with Crippen molar-refractivity contribution in [2.45, 2.75) is 31.2 Å². The Labute approximate surface area is 90.2 Å². The molecule has 2 heterocycles. The molecule has 0 amide bonds. The van der Waals surface area contributed by atoms with Gasteiger partial charge in [-0.3, -0.25) is 4.90 Å². The maximum atomic E-state index is 6.24. The van der Waals surface area contributed by atoms with Crippen LogP contribution in [0, 0.1) is 5.92 Å². The van der Waals surface area contributed by atoms with E-state index in [1.165, 1.54) is 30.9 Å². The van der Waals surface area contributed by atoms with E-state index in [4.69, 9.17) is 11.6 Å². The Morgan fingerprint density at radius 3 is 2.85 bits per heavy atom. The van der Waals surface area contributed by atoms with Gasteiger partial charge in [-0.25, -0.2) is 0 Å². The van der Waals surface area contributed by atoms with Crippen LogP contribution >= 0.6 is 23.4 Å². The highest BCUT2D eigenvalue weighted by atomic mass is 35.5. The van der Waals surface area contributed by atoms with Gasteiger partial charge in [-0.15, -0.1) is 11.6 Å². The number of likely N-dealkylation sites (tertiary alicyclic amines) is 1. The van der Waals surface area contributed by atoms with Gasteiger partial charge in [0.15, 0.2) is 0 Å². The van der Waals surface area contributed by atoms with Crippen molar-refractivity contribution in [3.8, 4) is 0 Å². The molecule has 0 aromatic rings. The van der Waals surface area contributed by atoms with Gasteiger partial charge in [0, 0.05) is 30.3 Å². The monoisotopic (exact) mass is 219 g/mol. The number of thioether (sulfide) groups is 1. The number of rotatable bonds is 1. The van der Waals surface area contributed by atoms with Crippen LogP contribution in [-0.4, -0.2) is 40.9 Å². The predicted octanol–water partition coefficient (Wildman–Crippen LogP) is 2.44. The smallest absolute Gasteiger partial charge is 0.0466 e. The first-order valence-corrected chi connectivity index (χ1v) is 6.80. The third kappa shape index (κ3) is 2.54. The van der Waals surface area contributed by atoms with Gasteiger partial charge in [-0.2, -0.15) is 11.8 Å². The lowest BCUT2D eigenvalue weighted by atomic mass is 9.98. The lowest BCUT2D eigenvalue weighted by Crippen LogP contribution is -2.46. The second kappa shape index (κ2) is 4.41. The van der Waals surface area contributed by atoms with Crippen LogP contribution in [-0.2, 0) is 0 Å². The minimum absolute atomic E-state index is 0.398. The van der Waals surface area contributed by atoms with Crippen molar-refractivity contribution in [2.75, 3.05) is 24.6 Å². The van der Waals surface area contributed by atoms with Crippen LogP contribution in [0.1, 0.15) is 19.8 Å². The number of hydrogen-bond acceptors (Lipinski definition) is 2. The molecule has 76 valence electrons. The summed E-state index contributed by atoms with van der Waals surface area (Å²) in [7, 11) is 0. The van der Waals surface area contributed by atoms with Gasteiger partial charge in [0.25, 0.3) is 0 Å². The average molecular weight is 220 g/mol. The van der Waals surface area contributed by atoms with Crippen molar-refractivity contribution < 1.29 is 0 Å². The summed E-state index contributed by atoms with van der Waals surface area (Å²) < 4.78 is 0. The number of alkyl halides is 1. The summed E-state index contributed by atoms with van der Waals surface area (Å²) in [5.41, 5.74) is 0. The maximum absolute atomic E-state index is 6.24. The lowest BCUT2D eigenvalue weighted by molar-refractivity contribution is 0.144. The van der Waals surface area contributed by atoms with Gasteiger partial charge in [-0.1, -0.05) is 6.92 Å². The van der Waals surface area contributed by atoms with Gasteiger partial charge in [0.2, 0.25) is 0 Å². The van der Waals surface area contributed by atoms with Crippen molar-refractivity contribution in [2.24, 2.45) is 5.92 Å². The van der Waals surface area contributed by atoms with Crippen LogP contribution in [0.3, 0.4) is 0 Å². The van der Waals surface area contributed by atoms with Crippen LogP contribution in [0.5, 0.6) is 0 Å². The third-order valence-corrected chi connectivity index (χ3v) is 4.52. The molecule has 0 bridgehead atoms. The molecule has 2 fully saturated rings. The largest absolute Gasteiger partial charge is 0.298 e. The molecule has 2 aliphatic heterocycles. The van der Waals surface area contributed by atoms with Crippen molar-refractivity contribution >= 4 is 23.4 Å². The van der Waals surface area contributed by atoms with Gasteiger partial charge >= 0.3 is 0 Å². The first kappa shape index (κ1) is 10.1. The average Bonchev–Trinajstić information content (AvgIpc) is 2.53. The van der Waals surface area contributed by atoms with Gasteiger partial charge in [0.1, 0.15) is 0 Å². The van der Waals surface area contributed by atoms with E-state index >= 15 is 0 Å². The Hall–Kier alpha value is 0.600. The highest BCUT2D eigenvalue weighted by Crippen LogP contribution is 2.28. The number of halogens is 1. The van der Waals surface area contributed by atoms with Crippen LogP contribution in [0.15, 0.2) is 0 Å². The third-order valence-electron chi connectivity index (χ3n) is 3.06. The second-order valence-corrected chi connectivity index (χ2v) is 6.18. The van der Waals surface area contributed by atoms with Crippen LogP contribution in [0.2, 0.25) is 0 Å². The fourth-order valence-corrected chi connectivity index (χ4v) is 4.16. The molecular formula is C10H18ClNS. The molecule has 0 aromatic carbocycles. The van der Waals surface area contributed by atoms with Crippen LogP contribution < -0.4 is 0 Å². The van der Waals surface area contributed by atoms with Crippen LogP contribution in [0.25, 0.3) is 0 Å². The minimum Gasteiger partial charge on any atom is -0.298 e. The zero-order valence-electron chi connectivity index (χ0n) is 8.21. The molecule has 0 radical (unpaired) electrons. The van der Waals surface area contributed by atoms with E-state index in [9.17, 15) is 0 Å². The van der Waals surface area contributed by atoms with E-state index < -0.39 is 0 Å². The summed E-state index contributed by atoms with van der Waals surface area (Å²) in [5.74, 6) is 3.47. The highest BCUT2D eigenvalue weighted by Gasteiger charge is 2.29. The molecule has 3 unspecified atom stereocenters. The van der Waals surface area contributed by atoms with Crippen molar-refractivity contribution in [1.82, 2.24) is 4.90 Å². The Morgan fingerprint density at radius 2 is 2.23 bits per heavy atom. The molecule has 2 aliphatic rings. The number of nitrogens with zero attached hydrogens (tertiary/aromatic N) is 1. The molecule has 3 atom stereocenters. The zero-order chi connectivity index (χ0) is 9.26. The van der Waals surface area contributed by atoms with E-state index in [-0.39, 0.29) is 0 Å². The Balaban J connectivity index is 1.90. The standard InChI is InChI=1S/C10H18ClNS/c1-8-4-9(11)6-12(5-8)10-2-3-13-7-10/h8-10H,2-7H2,1H3.